The van der Waals surface area contributed by atoms with E-state index in [2.05, 4.69) is 0 Å². The van der Waals surface area contributed by atoms with E-state index in [1.165, 1.54) is 6.07 Å². The monoisotopic (exact) mass is 258 g/mol. The fourth-order valence-electron chi connectivity index (χ4n) is 1.86. The van der Waals surface area contributed by atoms with Gasteiger partial charge in [-0.25, -0.2) is 8.42 Å². The predicted molar refractivity (Wildman–Crippen MR) is 60.4 cm³/mol. The molecule has 0 atom stereocenters. The molecule has 0 amide bonds. The fraction of sp³-hybridized carbons (Fsp3) is 0.167. The molecule has 0 unspecified atom stereocenters. The normalized spacial score (nSPS) is 11.2. The molecule has 2 aliphatic carbocycles. The molecule has 0 aliphatic heterocycles. The van der Waals surface area contributed by atoms with Crippen molar-refractivity contribution in [1.82, 2.24) is 0 Å². The number of hydrogen-bond acceptors (Lipinski definition) is 3. The molecule has 0 bridgehead atoms. The SMILES string of the molecule is CCc1cc(S(=O)(=O)[O-])c2cccccc1-2.[Na+]. The van der Waals surface area contributed by atoms with Crippen molar-refractivity contribution in [3.05, 3.63) is 42.0 Å². The van der Waals surface area contributed by atoms with Gasteiger partial charge in [0.1, 0.15) is 10.1 Å². The van der Waals surface area contributed by atoms with Gasteiger partial charge in [0, 0.05) is 0 Å². The van der Waals surface area contributed by atoms with Gasteiger partial charge in [-0.15, -0.1) is 0 Å². The second kappa shape index (κ2) is 5.50. The summed E-state index contributed by atoms with van der Waals surface area (Å²) in [6.07, 6.45) is 0.704. The van der Waals surface area contributed by atoms with Crippen LogP contribution < -0.4 is 29.6 Å². The van der Waals surface area contributed by atoms with Crippen LogP contribution in [0.1, 0.15) is 12.5 Å². The van der Waals surface area contributed by atoms with Crippen LogP contribution >= 0.6 is 0 Å². The Morgan fingerprint density at radius 3 is 2.24 bits per heavy atom. The summed E-state index contributed by atoms with van der Waals surface area (Å²) < 4.78 is 33.4. The Hall–Kier alpha value is -0.390. The number of fused-ring (bicyclic) bond motifs is 1. The minimum Gasteiger partial charge on any atom is -0.744 e. The average Bonchev–Trinajstić information content (AvgIpc) is 2.41. The molecule has 0 aromatic heterocycles. The van der Waals surface area contributed by atoms with Crippen molar-refractivity contribution in [1.29, 1.82) is 0 Å². The molecule has 0 N–H and O–H groups in total. The topological polar surface area (TPSA) is 57.2 Å². The van der Waals surface area contributed by atoms with Gasteiger partial charge in [-0.2, -0.15) is 0 Å². The Morgan fingerprint density at radius 2 is 1.71 bits per heavy atom. The van der Waals surface area contributed by atoms with Crippen molar-refractivity contribution < 1.29 is 42.5 Å². The molecular weight excluding hydrogens is 247 g/mol. The fourth-order valence-corrected chi connectivity index (χ4v) is 2.59. The first-order valence-electron chi connectivity index (χ1n) is 5.00. The number of rotatable bonds is 2. The molecule has 0 spiro atoms. The van der Waals surface area contributed by atoms with E-state index in [0.717, 1.165) is 11.1 Å². The van der Waals surface area contributed by atoms with Crippen LogP contribution in [0.2, 0.25) is 0 Å². The van der Waals surface area contributed by atoms with Crippen LogP contribution in [-0.4, -0.2) is 13.0 Å². The van der Waals surface area contributed by atoms with Gasteiger partial charge in [0.15, 0.2) is 0 Å². The van der Waals surface area contributed by atoms with Crippen LogP contribution in [0.25, 0.3) is 11.1 Å². The molecular formula is C12H11NaO3S. The third-order valence-electron chi connectivity index (χ3n) is 2.61. The van der Waals surface area contributed by atoms with Gasteiger partial charge >= 0.3 is 29.6 Å². The van der Waals surface area contributed by atoms with Crippen LogP contribution in [0.15, 0.2) is 41.3 Å². The third kappa shape index (κ3) is 2.89. The maximum atomic E-state index is 11.1. The minimum atomic E-state index is -4.40. The first-order chi connectivity index (χ1) is 7.54. The van der Waals surface area contributed by atoms with Gasteiger partial charge in [0.2, 0.25) is 0 Å². The van der Waals surface area contributed by atoms with E-state index in [-0.39, 0.29) is 34.5 Å². The van der Waals surface area contributed by atoms with E-state index in [1.807, 2.05) is 19.1 Å². The molecule has 0 saturated heterocycles. The molecule has 17 heavy (non-hydrogen) atoms. The molecule has 2 rings (SSSR count). The molecule has 0 fully saturated rings. The summed E-state index contributed by atoms with van der Waals surface area (Å²) in [5, 5.41) is 0. The van der Waals surface area contributed by atoms with E-state index in [9.17, 15) is 13.0 Å². The quantitative estimate of drug-likeness (QED) is 0.527. The Balaban J connectivity index is 0.00000144. The molecule has 0 radical (unpaired) electrons. The van der Waals surface area contributed by atoms with E-state index < -0.39 is 10.1 Å². The van der Waals surface area contributed by atoms with Gasteiger partial charge in [-0.1, -0.05) is 37.3 Å². The summed E-state index contributed by atoms with van der Waals surface area (Å²) >= 11 is 0. The zero-order valence-electron chi connectivity index (χ0n) is 9.80. The molecule has 2 aliphatic rings. The first kappa shape index (κ1) is 14.7. The Bertz CT molecular complexity index is 593. The van der Waals surface area contributed by atoms with Crippen LogP contribution in [0.4, 0.5) is 0 Å². The maximum Gasteiger partial charge on any atom is 1.00 e. The van der Waals surface area contributed by atoms with Crippen molar-refractivity contribution in [2.75, 3.05) is 0 Å². The van der Waals surface area contributed by atoms with Crippen molar-refractivity contribution in [3.63, 3.8) is 0 Å². The molecule has 0 heterocycles. The predicted octanol–water partition coefficient (Wildman–Crippen LogP) is -0.738. The summed E-state index contributed by atoms with van der Waals surface area (Å²) in [6, 6.07) is 10.4. The third-order valence-corrected chi connectivity index (χ3v) is 3.48. The maximum absolute atomic E-state index is 11.1. The minimum absolute atomic E-state index is 0. The van der Waals surface area contributed by atoms with Crippen molar-refractivity contribution in [2.24, 2.45) is 0 Å². The zero-order chi connectivity index (χ0) is 11.8. The second-order valence-corrected chi connectivity index (χ2v) is 4.93. The summed E-state index contributed by atoms with van der Waals surface area (Å²) in [5.41, 5.74) is 2.24. The smallest absolute Gasteiger partial charge is 0.744 e. The summed E-state index contributed by atoms with van der Waals surface area (Å²) in [5.74, 6) is 0. The molecule has 0 aromatic carbocycles. The molecule has 0 aromatic rings. The van der Waals surface area contributed by atoms with Crippen LogP contribution in [0.3, 0.4) is 0 Å². The van der Waals surface area contributed by atoms with E-state index in [1.54, 1.807) is 18.2 Å². The summed E-state index contributed by atoms with van der Waals surface area (Å²) in [6.45, 7) is 1.93. The van der Waals surface area contributed by atoms with Crippen molar-refractivity contribution in [3.8, 4) is 11.1 Å². The Kier molecular flexibility index (Phi) is 4.75. The van der Waals surface area contributed by atoms with Crippen molar-refractivity contribution in [2.45, 2.75) is 18.2 Å². The van der Waals surface area contributed by atoms with Crippen LogP contribution in [-0.2, 0) is 16.5 Å². The second-order valence-electron chi connectivity index (χ2n) is 3.58. The van der Waals surface area contributed by atoms with Crippen molar-refractivity contribution >= 4 is 10.1 Å². The summed E-state index contributed by atoms with van der Waals surface area (Å²) in [7, 11) is -4.40. The average molecular weight is 258 g/mol. The van der Waals surface area contributed by atoms with Gasteiger partial charge in [-0.3, -0.25) is 0 Å². The molecule has 3 nitrogen and oxygen atoms in total. The summed E-state index contributed by atoms with van der Waals surface area (Å²) in [4.78, 5) is -0.115. The van der Waals surface area contributed by atoms with Crippen LogP contribution in [0.5, 0.6) is 0 Å². The standard InChI is InChI=1S/C12H12O3S.Na/c1-2-9-8-12(16(13,14)15)11-7-5-3-4-6-10(9)11;/h3-8H,2H2,1H3,(H,13,14,15);/q;+1/p-1. The van der Waals surface area contributed by atoms with E-state index in [0.29, 0.717) is 12.0 Å². The van der Waals surface area contributed by atoms with E-state index in [4.69, 9.17) is 0 Å². The largest absolute Gasteiger partial charge is 1.00 e. The first-order valence-corrected chi connectivity index (χ1v) is 6.41. The molecule has 0 saturated carbocycles. The number of hydrogen-bond donors (Lipinski definition) is 0. The number of aryl methyl sites for hydroxylation is 1. The van der Waals surface area contributed by atoms with Gasteiger partial charge in [0.25, 0.3) is 0 Å². The zero-order valence-corrected chi connectivity index (χ0v) is 12.6. The van der Waals surface area contributed by atoms with Gasteiger partial charge in [-0.05, 0) is 29.2 Å². The molecule has 84 valence electrons. The van der Waals surface area contributed by atoms with Gasteiger partial charge in [0.05, 0.1) is 4.90 Å². The van der Waals surface area contributed by atoms with Gasteiger partial charge < -0.3 is 4.55 Å². The Labute approximate surface area is 123 Å². The Morgan fingerprint density at radius 1 is 1.12 bits per heavy atom. The molecule has 5 heteroatoms. The van der Waals surface area contributed by atoms with Crippen LogP contribution in [0, 0.1) is 0 Å². The van der Waals surface area contributed by atoms with E-state index >= 15 is 0 Å².